The molecule has 0 bridgehead atoms. The Bertz CT molecular complexity index is 862. The molecule has 0 aliphatic heterocycles. The van der Waals surface area contributed by atoms with Crippen LogP contribution >= 0.6 is 23.4 Å². The number of aromatic amines is 1. The van der Waals surface area contributed by atoms with Crippen LogP contribution in [0.25, 0.3) is 11.2 Å². The number of nitrogens with one attached hydrogen (secondary N) is 1. The first-order chi connectivity index (χ1) is 12.0. The van der Waals surface area contributed by atoms with Gasteiger partial charge >= 0.3 is 5.69 Å². The van der Waals surface area contributed by atoms with Crippen molar-refractivity contribution in [2.24, 2.45) is 7.05 Å². The molecule has 0 fully saturated rings. The summed E-state index contributed by atoms with van der Waals surface area (Å²) in [6, 6.07) is 0. The van der Waals surface area contributed by atoms with Gasteiger partial charge in [0.25, 0.3) is 5.56 Å². The first kappa shape index (κ1) is 19.8. The van der Waals surface area contributed by atoms with Gasteiger partial charge in [-0.3, -0.25) is 14.3 Å². The van der Waals surface area contributed by atoms with E-state index in [4.69, 9.17) is 11.6 Å². The minimum absolute atomic E-state index is 0.380. The van der Waals surface area contributed by atoms with Crippen LogP contribution in [0.2, 0.25) is 0 Å². The zero-order valence-corrected chi connectivity index (χ0v) is 16.5. The van der Waals surface area contributed by atoms with E-state index in [2.05, 4.69) is 16.9 Å². The Hall–Kier alpha value is -1.47. The van der Waals surface area contributed by atoms with Gasteiger partial charge in [-0.15, -0.1) is 0 Å². The topological polar surface area (TPSA) is 72.7 Å². The van der Waals surface area contributed by atoms with E-state index in [-0.39, 0.29) is 5.56 Å². The van der Waals surface area contributed by atoms with Crippen molar-refractivity contribution in [1.82, 2.24) is 19.1 Å². The third-order valence-corrected chi connectivity index (χ3v) is 5.09. The number of fused-ring (bicyclic) bond motifs is 1. The lowest BCUT2D eigenvalue weighted by Gasteiger charge is -2.08. The summed E-state index contributed by atoms with van der Waals surface area (Å²) in [5.74, 6) is 0.667. The van der Waals surface area contributed by atoms with Gasteiger partial charge in [0.2, 0.25) is 0 Å². The Kier molecular flexibility index (Phi) is 7.38. The van der Waals surface area contributed by atoms with E-state index in [0.717, 1.165) is 23.0 Å². The molecule has 138 valence electrons. The molecular formula is C17H25ClN4O2S. The smallest absolute Gasteiger partial charge is 0.313 e. The van der Waals surface area contributed by atoms with Gasteiger partial charge in [-0.2, -0.15) is 0 Å². The van der Waals surface area contributed by atoms with Crippen LogP contribution in [0.4, 0.5) is 0 Å². The van der Waals surface area contributed by atoms with Crippen molar-refractivity contribution < 1.29 is 0 Å². The first-order valence-electron chi connectivity index (χ1n) is 8.60. The number of rotatable bonds is 9. The molecule has 0 spiro atoms. The molecule has 8 heteroatoms. The van der Waals surface area contributed by atoms with E-state index < -0.39 is 5.69 Å². The zero-order valence-electron chi connectivity index (χ0n) is 15.0. The largest absolute Gasteiger partial charge is 0.329 e. The second kappa shape index (κ2) is 9.29. The second-order valence-electron chi connectivity index (χ2n) is 6.05. The fraction of sp³-hybridized carbons (Fsp3) is 0.588. The predicted molar refractivity (Wildman–Crippen MR) is 105 cm³/mol. The molecule has 0 radical (unpaired) electrons. The number of unbranched alkanes of at least 4 members (excludes halogenated alkanes) is 4. The highest BCUT2D eigenvalue weighted by molar-refractivity contribution is 7.99. The molecule has 0 aliphatic rings. The lowest BCUT2D eigenvalue weighted by atomic mass is 10.1. The lowest BCUT2D eigenvalue weighted by molar-refractivity contribution is 0.552. The Morgan fingerprint density at radius 1 is 1.28 bits per heavy atom. The van der Waals surface area contributed by atoms with Gasteiger partial charge in [-0.1, -0.05) is 62.0 Å². The number of aryl methyl sites for hydroxylation is 2. The highest BCUT2D eigenvalue weighted by Crippen LogP contribution is 2.23. The van der Waals surface area contributed by atoms with Crippen molar-refractivity contribution in [3.63, 3.8) is 0 Å². The first-order valence-corrected chi connectivity index (χ1v) is 9.96. The molecule has 2 aromatic heterocycles. The third-order valence-electron chi connectivity index (χ3n) is 4.03. The van der Waals surface area contributed by atoms with E-state index in [1.54, 1.807) is 7.05 Å². The van der Waals surface area contributed by atoms with Crippen LogP contribution in [0.5, 0.6) is 0 Å². The van der Waals surface area contributed by atoms with Crippen LogP contribution in [0, 0.1) is 0 Å². The minimum Gasteiger partial charge on any atom is -0.313 e. The summed E-state index contributed by atoms with van der Waals surface area (Å²) < 4.78 is 3.32. The monoisotopic (exact) mass is 384 g/mol. The zero-order chi connectivity index (χ0) is 18.4. The van der Waals surface area contributed by atoms with Gasteiger partial charge < -0.3 is 4.57 Å². The van der Waals surface area contributed by atoms with Crippen LogP contribution < -0.4 is 11.2 Å². The highest BCUT2D eigenvalue weighted by atomic mass is 35.5. The number of allylic oxidation sites excluding steroid dienone is 1. The molecule has 0 unspecified atom stereocenters. The molecule has 25 heavy (non-hydrogen) atoms. The SMILES string of the molecule is CCCCCCCn1c(SCC=C(C)Cl)nc2c1c(=O)[nH]c(=O)n2C. The van der Waals surface area contributed by atoms with Gasteiger partial charge in [0, 0.05) is 24.4 Å². The Morgan fingerprint density at radius 3 is 2.68 bits per heavy atom. The lowest BCUT2D eigenvalue weighted by Crippen LogP contribution is -2.29. The predicted octanol–water partition coefficient (Wildman–Crippen LogP) is 3.63. The molecule has 6 nitrogen and oxygen atoms in total. The van der Waals surface area contributed by atoms with Gasteiger partial charge in [0.1, 0.15) is 0 Å². The Labute approximate surface area is 156 Å². The van der Waals surface area contributed by atoms with E-state index >= 15 is 0 Å². The number of imidazole rings is 1. The van der Waals surface area contributed by atoms with Gasteiger partial charge in [0.15, 0.2) is 16.3 Å². The van der Waals surface area contributed by atoms with Crippen LogP contribution in [-0.2, 0) is 13.6 Å². The molecule has 0 aliphatic carbocycles. The summed E-state index contributed by atoms with van der Waals surface area (Å²) in [5, 5.41) is 1.46. The maximum Gasteiger partial charge on any atom is 0.329 e. The number of thioether (sulfide) groups is 1. The summed E-state index contributed by atoms with van der Waals surface area (Å²) in [6.45, 7) is 4.73. The maximum atomic E-state index is 12.3. The van der Waals surface area contributed by atoms with Crippen molar-refractivity contribution in [2.45, 2.75) is 57.7 Å². The quantitative estimate of drug-likeness (QED) is 0.529. The van der Waals surface area contributed by atoms with Crippen LogP contribution in [0.15, 0.2) is 25.9 Å². The van der Waals surface area contributed by atoms with E-state index in [0.29, 0.717) is 23.5 Å². The summed E-state index contributed by atoms with van der Waals surface area (Å²) in [6.07, 6.45) is 7.60. The third kappa shape index (κ3) is 5.01. The number of aromatic nitrogens is 4. The fourth-order valence-electron chi connectivity index (χ4n) is 2.64. The summed E-state index contributed by atoms with van der Waals surface area (Å²) >= 11 is 7.40. The molecule has 0 aromatic carbocycles. The fourth-order valence-corrected chi connectivity index (χ4v) is 3.78. The second-order valence-corrected chi connectivity index (χ2v) is 7.64. The number of nitrogens with zero attached hydrogens (tertiary/aromatic N) is 3. The molecule has 0 saturated carbocycles. The normalized spacial score (nSPS) is 12.2. The maximum absolute atomic E-state index is 12.3. The molecular weight excluding hydrogens is 360 g/mol. The molecule has 2 rings (SSSR count). The van der Waals surface area contributed by atoms with Crippen LogP contribution in [-0.4, -0.2) is 24.9 Å². The van der Waals surface area contributed by atoms with Gasteiger partial charge in [0.05, 0.1) is 0 Å². The average Bonchev–Trinajstić information content (AvgIpc) is 2.91. The molecule has 0 saturated heterocycles. The van der Waals surface area contributed by atoms with Crippen molar-refractivity contribution in [2.75, 3.05) is 5.75 Å². The Morgan fingerprint density at radius 2 is 2.00 bits per heavy atom. The molecule has 0 amide bonds. The minimum atomic E-state index is -0.446. The van der Waals surface area contributed by atoms with E-state index in [1.165, 1.54) is 35.6 Å². The van der Waals surface area contributed by atoms with Crippen molar-refractivity contribution in [3.05, 3.63) is 31.9 Å². The van der Waals surface area contributed by atoms with Crippen molar-refractivity contribution in [3.8, 4) is 0 Å². The molecule has 1 N–H and O–H groups in total. The highest BCUT2D eigenvalue weighted by Gasteiger charge is 2.17. The molecule has 0 atom stereocenters. The standard InChI is InChI=1S/C17H25ClN4O2S/c1-4-5-6-7-8-10-22-13-14(21(3)16(24)20-15(13)23)19-17(22)25-11-9-12(2)18/h9H,4-8,10-11H2,1-3H3,(H,20,23,24). The van der Waals surface area contributed by atoms with Crippen molar-refractivity contribution >= 4 is 34.5 Å². The molecule has 2 aromatic rings. The average molecular weight is 385 g/mol. The summed E-state index contributed by atoms with van der Waals surface area (Å²) in [5.41, 5.74) is 0.0660. The van der Waals surface area contributed by atoms with E-state index in [1.807, 2.05) is 17.6 Å². The van der Waals surface area contributed by atoms with Gasteiger partial charge in [-0.05, 0) is 13.3 Å². The van der Waals surface area contributed by atoms with Crippen molar-refractivity contribution in [1.29, 1.82) is 0 Å². The number of H-pyrrole nitrogens is 1. The van der Waals surface area contributed by atoms with Crippen LogP contribution in [0.1, 0.15) is 46.0 Å². The number of hydrogen-bond donors (Lipinski definition) is 1. The van der Waals surface area contributed by atoms with Crippen LogP contribution in [0.3, 0.4) is 0 Å². The number of halogens is 1. The summed E-state index contributed by atoms with van der Waals surface area (Å²) in [7, 11) is 1.62. The van der Waals surface area contributed by atoms with E-state index in [9.17, 15) is 9.59 Å². The Balaban J connectivity index is 2.35. The number of hydrogen-bond acceptors (Lipinski definition) is 4. The van der Waals surface area contributed by atoms with Gasteiger partial charge in [-0.25, -0.2) is 9.78 Å². The molecule has 2 heterocycles. The summed E-state index contributed by atoms with van der Waals surface area (Å²) in [4.78, 5) is 31.1.